The molecule has 0 aliphatic rings. The third kappa shape index (κ3) is 2.17. The van der Waals surface area contributed by atoms with Gasteiger partial charge in [-0.15, -0.1) is 0 Å². The molecule has 64 valence electrons. The number of nitrogens with two attached hydrogens (primary N) is 1. The maximum absolute atomic E-state index is 5.41. The van der Waals surface area contributed by atoms with E-state index in [4.69, 9.17) is 18.0 Å². The van der Waals surface area contributed by atoms with Crippen molar-refractivity contribution >= 4 is 23.0 Å². The highest BCUT2D eigenvalue weighted by Gasteiger charge is 1.95. The Morgan fingerprint density at radius 1 is 1.67 bits per heavy atom. The van der Waals surface area contributed by atoms with Gasteiger partial charge in [-0.25, -0.2) is 4.98 Å². The normalized spacial score (nSPS) is 9.42. The van der Waals surface area contributed by atoms with Crippen LogP contribution in [-0.4, -0.2) is 16.5 Å². The smallest absolute Gasteiger partial charge is 0.125 e. The molecule has 0 amide bonds. The van der Waals surface area contributed by atoms with Crippen LogP contribution in [0.4, 0.5) is 5.82 Å². The van der Waals surface area contributed by atoms with E-state index in [-0.39, 0.29) is 0 Å². The van der Waals surface area contributed by atoms with Crippen LogP contribution < -0.4 is 11.1 Å². The largest absolute Gasteiger partial charge is 0.389 e. The van der Waals surface area contributed by atoms with E-state index in [0.717, 1.165) is 17.9 Å². The molecule has 3 N–H and O–H groups in total. The number of nitrogens with one attached hydrogen (secondary N) is 1. The SMILES string of the molecule is CCNc1ccc(C(N)=S)cn1. The Labute approximate surface area is 77.0 Å². The summed E-state index contributed by atoms with van der Waals surface area (Å²) in [6, 6.07) is 3.71. The van der Waals surface area contributed by atoms with Gasteiger partial charge in [0, 0.05) is 18.3 Å². The average molecular weight is 181 g/mol. The van der Waals surface area contributed by atoms with Crippen LogP contribution in [0.5, 0.6) is 0 Å². The van der Waals surface area contributed by atoms with E-state index in [1.54, 1.807) is 6.20 Å². The molecule has 4 heteroatoms. The summed E-state index contributed by atoms with van der Waals surface area (Å²) >= 11 is 4.79. The second kappa shape index (κ2) is 4.01. The minimum Gasteiger partial charge on any atom is -0.389 e. The maximum Gasteiger partial charge on any atom is 0.125 e. The van der Waals surface area contributed by atoms with Crippen LogP contribution in [-0.2, 0) is 0 Å². The third-order valence-electron chi connectivity index (χ3n) is 1.41. The second-order valence-corrected chi connectivity index (χ2v) is 2.77. The molecule has 12 heavy (non-hydrogen) atoms. The molecule has 0 bridgehead atoms. The lowest BCUT2D eigenvalue weighted by Gasteiger charge is -2.02. The van der Waals surface area contributed by atoms with Gasteiger partial charge in [-0.05, 0) is 19.1 Å². The molecule has 0 radical (unpaired) electrons. The Kier molecular flexibility index (Phi) is 2.99. The number of thiocarbonyl (C=S) groups is 1. The molecule has 0 saturated heterocycles. The zero-order valence-electron chi connectivity index (χ0n) is 6.87. The van der Waals surface area contributed by atoms with Crippen LogP contribution in [0, 0.1) is 0 Å². The average Bonchev–Trinajstić information content (AvgIpc) is 2.06. The molecule has 0 fully saturated rings. The molecule has 0 aliphatic carbocycles. The predicted octanol–water partition coefficient (Wildman–Crippen LogP) is 1.15. The topological polar surface area (TPSA) is 50.9 Å². The van der Waals surface area contributed by atoms with E-state index >= 15 is 0 Å². The quantitative estimate of drug-likeness (QED) is 0.687. The number of nitrogens with zero attached hydrogens (tertiary/aromatic N) is 1. The summed E-state index contributed by atoms with van der Waals surface area (Å²) in [7, 11) is 0. The van der Waals surface area contributed by atoms with E-state index in [2.05, 4.69) is 10.3 Å². The van der Waals surface area contributed by atoms with Gasteiger partial charge in [0.25, 0.3) is 0 Å². The molecule has 0 unspecified atom stereocenters. The van der Waals surface area contributed by atoms with E-state index in [1.165, 1.54) is 0 Å². The minimum atomic E-state index is 0.380. The van der Waals surface area contributed by atoms with Gasteiger partial charge < -0.3 is 11.1 Å². The van der Waals surface area contributed by atoms with Crippen LogP contribution in [0.2, 0.25) is 0 Å². The standard InChI is InChI=1S/C8H11N3S/c1-2-10-7-4-3-6(5-11-7)8(9)12/h3-5H,2H2,1H3,(H2,9,12)(H,10,11). The molecule has 1 aromatic heterocycles. The fraction of sp³-hybridized carbons (Fsp3) is 0.250. The van der Waals surface area contributed by atoms with Crippen molar-refractivity contribution in [3.8, 4) is 0 Å². The van der Waals surface area contributed by atoms with Crippen molar-refractivity contribution < 1.29 is 0 Å². The lowest BCUT2D eigenvalue weighted by atomic mass is 10.3. The lowest BCUT2D eigenvalue weighted by molar-refractivity contribution is 1.16. The fourth-order valence-electron chi connectivity index (χ4n) is 0.825. The first-order valence-electron chi connectivity index (χ1n) is 3.73. The van der Waals surface area contributed by atoms with Gasteiger partial charge in [-0.1, -0.05) is 12.2 Å². The van der Waals surface area contributed by atoms with E-state index in [0.29, 0.717) is 4.99 Å². The molecular formula is C8H11N3S. The van der Waals surface area contributed by atoms with Gasteiger partial charge in [0.1, 0.15) is 10.8 Å². The molecule has 0 atom stereocenters. The highest BCUT2D eigenvalue weighted by Crippen LogP contribution is 2.03. The molecule has 0 spiro atoms. The van der Waals surface area contributed by atoms with E-state index < -0.39 is 0 Å². The van der Waals surface area contributed by atoms with Crippen molar-refractivity contribution in [3.63, 3.8) is 0 Å². The Morgan fingerprint density at radius 2 is 2.42 bits per heavy atom. The summed E-state index contributed by atoms with van der Waals surface area (Å²) in [5.74, 6) is 0.845. The van der Waals surface area contributed by atoms with Crippen LogP contribution >= 0.6 is 12.2 Å². The van der Waals surface area contributed by atoms with Crippen LogP contribution in [0.3, 0.4) is 0 Å². The summed E-state index contributed by atoms with van der Waals surface area (Å²) in [6.45, 7) is 2.88. The zero-order chi connectivity index (χ0) is 8.97. The molecule has 1 rings (SSSR count). The summed E-state index contributed by atoms with van der Waals surface area (Å²) < 4.78 is 0. The summed E-state index contributed by atoms with van der Waals surface area (Å²) in [6.07, 6.45) is 1.67. The van der Waals surface area contributed by atoms with Crippen molar-refractivity contribution in [3.05, 3.63) is 23.9 Å². The van der Waals surface area contributed by atoms with Crippen LogP contribution in [0.15, 0.2) is 18.3 Å². The second-order valence-electron chi connectivity index (χ2n) is 2.33. The number of aromatic nitrogens is 1. The van der Waals surface area contributed by atoms with Crippen molar-refractivity contribution in [1.29, 1.82) is 0 Å². The molecule has 0 aromatic carbocycles. The Morgan fingerprint density at radius 3 is 2.83 bits per heavy atom. The monoisotopic (exact) mass is 181 g/mol. The first-order chi connectivity index (χ1) is 5.74. The first kappa shape index (κ1) is 8.93. The highest BCUT2D eigenvalue weighted by atomic mass is 32.1. The molecule has 1 heterocycles. The Bertz CT molecular complexity index is 268. The first-order valence-corrected chi connectivity index (χ1v) is 4.14. The van der Waals surface area contributed by atoms with Crippen LogP contribution in [0.1, 0.15) is 12.5 Å². The van der Waals surface area contributed by atoms with Gasteiger partial charge in [0.15, 0.2) is 0 Å². The van der Waals surface area contributed by atoms with E-state index in [1.807, 2.05) is 19.1 Å². The summed E-state index contributed by atoms with van der Waals surface area (Å²) in [5, 5.41) is 3.08. The molecule has 1 aromatic rings. The van der Waals surface area contributed by atoms with Crippen LogP contribution in [0.25, 0.3) is 0 Å². The maximum atomic E-state index is 5.41. The van der Waals surface area contributed by atoms with Gasteiger partial charge in [0.05, 0.1) is 0 Å². The number of pyridine rings is 1. The molecule has 3 nitrogen and oxygen atoms in total. The van der Waals surface area contributed by atoms with Crippen molar-refractivity contribution in [2.75, 3.05) is 11.9 Å². The summed E-state index contributed by atoms with van der Waals surface area (Å²) in [4.78, 5) is 4.49. The van der Waals surface area contributed by atoms with Crippen molar-refractivity contribution in [1.82, 2.24) is 4.98 Å². The number of rotatable bonds is 3. The third-order valence-corrected chi connectivity index (χ3v) is 1.64. The van der Waals surface area contributed by atoms with Gasteiger partial charge in [-0.3, -0.25) is 0 Å². The van der Waals surface area contributed by atoms with Gasteiger partial charge >= 0.3 is 0 Å². The fourth-order valence-corrected chi connectivity index (χ4v) is 0.946. The Balaban J connectivity index is 2.78. The minimum absolute atomic E-state index is 0.380. The number of anilines is 1. The zero-order valence-corrected chi connectivity index (χ0v) is 7.69. The highest BCUT2D eigenvalue weighted by molar-refractivity contribution is 7.80. The lowest BCUT2D eigenvalue weighted by Crippen LogP contribution is -2.10. The number of hydrogen-bond acceptors (Lipinski definition) is 3. The molecule has 0 aliphatic heterocycles. The predicted molar refractivity (Wildman–Crippen MR) is 54.3 cm³/mol. The van der Waals surface area contributed by atoms with Gasteiger partial charge in [-0.2, -0.15) is 0 Å². The van der Waals surface area contributed by atoms with Gasteiger partial charge in [0.2, 0.25) is 0 Å². The number of hydrogen-bond donors (Lipinski definition) is 2. The van der Waals surface area contributed by atoms with E-state index in [9.17, 15) is 0 Å². The molecule has 0 saturated carbocycles. The summed E-state index contributed by atoms with van der Waals surface area (Å²) in [5.41, 5.74) is 6.21. The molecular weight excluding hydrogens is 170 g/mol. The van der Waals surface area contributed by atoms with Crippen molar-refractivity contribution in [2.24, 2.45) is 5.73 Å². The van der Waals surface area contributed by atoms with Crippen molar-refractivity contribution in [2.45, 2.75) is 6.92 Å². The Hall–Kier alpha value is -1.16.